The van der Waals surface area contributed by atoms with Crippen molar-refractivity contribution < 1.29 is 0 Å². The normalized spacial score (nSPS) is 15.2. The third-order valence-corrected chi connectivity index (χ3v) is 13.3. The Hall–Kier alpha value is -7.30. The zero-order valence-electron chi connectivity index (χ0n) is 33.5. The molecule has 0 saturated heterocycles. The largest absolute Gasteiger partial charge is 0.311 e. The van der Waals surface area contributed by atoms with Crippen LogP contribution in [0.2, 0.25) is 0 Å². The fourth-order valence-electron chi connectivity index (χ4n) is 10.5. The summed E-state index contributed by atoms with van der Waals surface area (Å²) in [5.74, 6) is 0.602. The molecule has 12 rings (SSSR count). The highest BCUT2D eigenvalue weighted by molar-refractivity contribution is 6.12. The highest BCUT2D eigenvalue weighted by Crippen LogP contribution is 2.56. The third-order valence-electron chi connectivity index (χ3n) is 13.3. The average Bonchev–Trinajstić information content (AvgIpc) is 3.85. The topological polar surface area (TPSA) is 35.6 Å². The molecule has 0 saturated carbocycles. The standard InChI is InChI=1S/C56H42N4/c1-2-37-21-31-46-51(32-22-37)59(52-20-12-33-57-54(46)52)42-27-23-38(24-28-42)39-25-29-43(30-26-39)60-50-19-10-9-17-44(50)48-35-47-45-18-11-34-58-55(45)56(49(47)36-53(48)60,40-13-5-3-6-14-40)41-15-7-4-8-16-41/h3-21,23-31,33-37H,2,22,32H2,1H3. The molecule has 4 heteroatoms. The number of para-hydroxylation sites is 1. The molecule has 1 atom stereocenters. The summed E-state index contributed by atoms with van der Waals surface area (Å²) in [6.07, 6.45) is 11.9. The summed E-state index contributed by atoms with van der Waals surface area (Å²) in [6, 6.07) is 62.3. The van der Waals surface area contributed by atoms with Crippen LogP contribution in [0.15, 0.2) is 188 Å². The Labute approximate surface area is 349 Å². The number of hydrogen-bond donors (Lipinski definition) is 0. The maximum atomic E-state index is 5.18. The second-order valence-electron chi connectivity index (χ2n) is 16.4. The summed E-state index contributed by atoms with van der Waals surface area (Å²) < 4.78 is 4.88. The van der Waals surface area contributed by atoms with Gasteiger partial charge in [-0.25, -0.2) is 0 Å². The van der Waals surface area contributed by atoms with Crippen molar-refractivity contribution in [2.45, 2.75) is 31.6 Å². The molecule has 10 aromatic rings. The molecule has 6 aromatic carbocycles. The molecule has 4 heterocycles. The maximum Gasteiger partial charge on any atom is 0.0959 e. The first kappa shape index (κ1) is 34.7. The number of benzene rings is 6. The van der Waals surface area contributed by atoms with Crippen molar-refractivity contribution in [1.29, 1.82) is 0 Å². The summed E-state index contributed by atoms with van der Waals surface area (Å²) in [4.78, 5) is 10.0. The minimum atomic E-state index is -0.573. The highest BCUT2D eigenvalue weighted by Gasteiger charge is 2.48. The number of hydrogen-bond acceptors (Lipinski definition) is 2. The SMILES string of the molecule is CCC1C=Cc2c(n(-c3ccc(-c4ccc(-n5c6ccccc6c6cc7c(cc65)C(c5ccccc5)(c5ccccc5)c5ncccc5-7)cc4)cc3)c3cccnc23)CC1. The molecule has 60 heavy (non-hydrogen) atoms. The first-order chi connectivity index (χ1) is 29.7. The molecule has 0 radical (unpaired) electrons. The van der Waals surface area contributed by atoms with Crippen molar-refractivity contribution in [3.63, 3.8) is 0 Å². The van der Waals surface area contributed by atoms with E-state index < -0.39 is 5.41 Å². The molecule has 0 bridgehead atoms. The van der Waals surface area contributed by atoms with Gasteiger partial charge in [-0.15, -0.1) is 0 Å². The van der Waals surface area contributed by atoms with Crippen molar-refractivity contribution in [2.75, 3.05) is 0 Å². The number of pyridine rings is 2. The minimum absolute atomic E-state index is 0.573. The second kappa shape index (κ2) is 13.6. The van der Waals surface area contributed by atoms with Crippen LogP contribution in [0, 0.1) is 5.92 Å². The van der Waals surface area contributed by atoms with Crippen molar-refractivity contribution in [3.05, 3.63) is 222 Å². The number of rotatable bonds is 6. The van der Waals surface area contributed by atoms with Gasteiger partial charge in [-0.3, -0.25) is 9.97 Å². The Bertz CT molecular complexity index is 3240. The Morgan fingerprint density at radius 3 is 1.92 bits per heavy atom. The Balaban J connectivity index is 0.982. The lowest BCUT2D eigenvalue weighted by atomic mass is 9.69. The van der Waals surface area contributed by atoms with E-state index in [4.69, 9.17) is 9.97 Å². The molecule has 2 aliphatic rings. The van der Waals surface area contributed by atoms with Gasteiger partial charge in [0.05, 0.1) is 33.2 Å². The molecule has 1 unspecified atom stereocenters. The third kappa shape index (κ3) is 5.04. The molecule has 286 valence electrons. The van der Waals surface area contributed by atoms with Gasteiger partial charge in [0.1, 0.15) is 0 Å². The lowest BCUT2D eigenvalue weighted by Crippen LogP contribution is -2.29. The molecule has 0 spiro atoms. The van der Waals surface area contributed by atoms with Crippen LogP contribution in [0.1, 0.15) is 53.4 Å². The molecular formula is C56H42N4. The van der Waals surface area contributed by atoms with E-state index in [-0.39, 0.29) is 0 Å². The van der Waals surface area contributed by atoms with Crippen LogP contribution in [0.25, 0.3) is 72.5 Å². The monoisotopic (exact) mass is 770 g/mol. The molecule has 0 amide bonds. The van der Waals surface area contributed by atoms with Crippen LogP contribution in [0.5, 0.6) is 0 Å². The molecule has 0 aliphatic heterocycles. The number of nitrogens with zero attached hydrogens (tertiary/aromatic N) is 4. The smallest absolute Gasteiger partial charge is 0.0959 e. The molecule has 0 fully saturated rings. The Morgan fingerprint density at radius 1 is 0.567 bits per heavy atom. The van der Waals surface area contributed by atoms with Gasteiger partial charge in [-0.1, -0.05) is 128 Å². The molecule has 0 N–H and O–H groups in total. The van der Waals surface area contributed by atoms with E-state index in [1.165, 1.54) is 83.2 Å². The van der Waals surface area contributed by atoms with E-state index in [2.05, 4.69) is 198 Å². The number of fused-ring (bicyclic) bond motifs is 9. The van der Waals surface area contributed by atoms with Gasteiger partial charge in [-0.2, -0.15) is 0 Å². The van der Waals surface area contributed by atoms with Crippen LogP contribution < -0.4 is 0 Å². The Morgan fingerprint density at radius 2 is 1.20 bits per heavy atom. The van der Waals surface area contributed by atoms with Crippen LogP contribution in [-0.4, -0.2) is 19.1 Å². The van der Waals surface area contributed by atoms with Gasteiger partial charge in [0.15, 0.2) is 0 Å². The summed E-state index contributed by atoms with van der Waals surface area (Å²) in [5, 5.41) is 2.48. The molecule has 2 aliphatic carbocycles. The molecule has 4 nitrogen and oxygen atoms in total. The van der Waals surface area contributed by atoms with Gasteiger partial charge >= 0.3 is 0 Å². The predicted molar refractivity (Wildman–Crippen MR) is 247 cm³/mol. The first-order valence-electron chi connectivity index (χ1n) is 21.2. The predicted octanol–water partition coefficient (Wildman–Crippen LogP) is 13.5. The van der Waals surface area contributed by atoms with E-state index in [1.54, 1.807) is 0 Å². The summed E-state index contributed by atoms with van der Waals surface area (Å²) in [7, 11) is 0. The van der Waals surface area contributed by atoms with Crippen LogP contribution in [0.3, 0.4) is 0 Å². The van der Waals surface area contributed by atoms with Crippen molar-refractivity contribution in [2.24, 2.45) is 5.92 Å². The zero-order chi connectivity index (χ0) is 39.8. The Kier molecular flexibility index (Phi) is 7.89. The quantitative estimate of drug-likeness (QED) is 0.169. The van der Waals surface area contributed by atoms with Crippen molar-refractivity contribution in [3.8, 4) is 33.6 Å². The molecular weight excluding hydrogens is 729 g/mol. The van der Waals surface area contributed by atoms with E-state index in [1.807, 2.05) is 12.4 Å². The van der Waals surface area contributed by atoms with Gasteiger partial charge in [0.25, 0.3) is 0 Å². The average molecular weight is 771 g/mol. The second-order valence-corrected chi connectivity index (χ2v) is 16.4. The lowest BCUT2D eigenvalue weighted by Gasteiger charge is -2.32. The van der Waals surface area contributed by atoms with E-state index in [0.717, 1.165) is 36.2 Å². The molecule has 4 aromatic heterocycles. The van der Waals surface area contributed by atoms with Gasteiger partial charge in [0, 0.05) is 51.4 Å². The minimum Gasteiger partial charge on any atom is -0.311 e. The number of aromatic nitrogens is 4. The summed E-state index contributed by atoms with van der Waals surface area (Å²) >= 11 is 0. The van der Waals surface area contributed by atoms with E-state index in [0.29, 0.717) is 5.92 Å². The van der Waals surface area contributed by atoms with Gasteiger partial charge in [0.2, 0.25) is 0 Å². The highest BCUT2D eigenvalue weighted by atomic mass is 15.0. The summed E-state index contributed by atoms with van der Waals surface area (Å²) in [6.45, 7) is 2.29. The fraction of sp³-hybridized carbons (Fsp3) is 0.107. The van der Waals surface area contributed by atoms with E-state index in [9.17, 15) is 0 Å². The van der Waals surface area contributed by atoms with Gasteiger partial charge < -0.3 is 9.13 Å². The lowest BCUT2D eigenvalue weighted by molar-refractivity contribution is 0.571. The van der Waals surface area contributed by atoms with Crippen LogP contribution >= 0.6 is 0 Å². The van der Waals surface area contributed by atoms with Gasteiger partial charge in [-0.05, 0) is 119 Å². The van der Waals surface area contributed by atoms with Crippen molar-refractivity contribution in [1.82, 2.24) is 19.1 Å². The maximum absolute atomic E-state index is 5.18. The van der Waals surface area contributed by atoms with E-state index >= 15 is 0 Å². The zero-order valence-corrected chi connectivity index (χ0v) is 33.5. The van der Waals surface area contributed by atoms with Crippen LogP contribution in [0.4, 0.5) is 0 Å². The number of allylic oxidation sites excluding steroid dienone is 1. The fourth-order valence-corrected chi connectivity index (χ4v) is 10.5. The first-order valence-corrected chi connectivity index (χ1v) is 21.2. The van der Waals surface area contributed by atoms with Crippen molar-refractivity contribution >= 4 is 38.9 Å². The van der Waals surface area contributed by atoms with Crippen LogP contribution in [-0.2, 0) is 11.8 Å². The summed E-state index contributed by atoms with van der Waals surface area (Å²) in [5.41, 5.74) is 18.6.